The molecule has 0 bridgehead atoms. The number of nitrogens with one attached hydrogen (secondary N) is 1. The number of rotatable bonds is 6. The van der Waals surface area contributed by atoms with Crippen molar-refractivity contribution in [1.82, 2.24) is 10.3 Å². The minimum atomic E-state index is 0.425. The molecule has 1 atom stereocenters. The fourth-order valence-corrected chi connectivity index (χ4v) is 3.22. The SMILES string of the molecule is CCC(CC)CC(NC)c1cnc2ccsc2c1. The van der Waals surface area contributed by atoms with E-state index in [4.69, 9.17) is 0 Å². The van der Waals surface area contributed by atoms with Crippen LogP contribution in [0.4, 0.5) is 0 Å². The maximum absolute atomic E-state index is 4.54. The smallest absolute Gasteiger partial charge is 0.0809 e. The summed E-state index contributed by atoms with van der Waals surface area (Å²) in [5, 5.41) is 5.55. The molecule has 3 heteroatoms. The van der Waals surface area contributed by atoms with Crippen LogP contribution >= 0.6 is 11.3 Å². The largest absolute Gasteiger partial charge is 0.313 e. The van der Waals surface area contributed by atoms with Crippen LogP contribution in [0.2, 0.25) is 0 Å². The van der Waals surface area contributed by atoms with E-state index in [9.17, 15) is 0 Å². The van der Waals surface area contributed by atoms with Gasteiger partial charge in [-0.25, -0.2) is 0 Å². The van der Waals surface area contributed by atoms with Crippen LogP contribution in [0.25, 0.3) is 10.2 Å². The van der Waals surface area contributed by atoms with Crippen LogP contribution < -0.4 is 5.32 Å². The zero-order valence-electron chi connectivity index (χ0n) is 11.4. The molecule has 0 spiro atoms. The maximum atomic E-state index is 4.54. The van der Waals surface area contributed by atoms with Gasteiger partial charge < -0.3 is 5.32 Å². The maximum Gasteiger partial charge on any atom is 0.0809 e. The summed E-state index contributed by atoms with van der Waals surface area (Å²) in [5.41, 5.74) is 2.43. The highest BCUT2D eigenvalue weighted by Gasteiger charge is 2.15. The summed E-state index contributed by atoms with van der Waals surface area (Å²) in [6.45, 7) is 4.56. The van der Waals surface area contributed by atoms with E-state index in [0.717, 1.165) is 11.4 Å². The van der Waals surface area contributed by atoms with E-state index in [-0.39, 0.29) is 0 Å². The fraction of sp³-hybridized carbons (Fsp3) is 0.533. The molecule has 0 saturated carbocycles. The minimum absolute atomic E-state index is 0.425. The van der Waals surface area contributed by atoms with Gasteiger partial charge in [0.15, 0.2) is 0 Å². The van der Waals surface area contributed by atoms with E-state index in [1.54, 1.807) is 11.3 Å². The first-order valence-corrected chi connectivity index (χ1v) is 7.66. The summed E-state index contributed by atoms with van der Waals surface area (Å²) in [7, 11) is 2.05. The van der Waals surface area contributed by atoms with Crippen molar-refractivity contribution >= 4 is 21.6 Å². The Labute approximate surface area is 113 Å². The molecule has 2 aromatic heterocycles. The molecule has 0 amide bonds. The molecule has 2 heterocycles. The Balaban J connectivity index is 2.20. The zero-order chi connectivity index (χ0) is 13.0. The quantitative estimate of drug-likeness (QED) is 0.835. The van der Waals surface area contributed by atoms with Crippen molar-refractivity contribution in [2.24, 2.45) is 5.92 Å². The predicted molar refractivity (Wildman–Crippen MR) is 80.1 cm³/mol. The molecule has 0 saturated heterocycles. The van der Waals surface area contributed by atoms with Crippen LogP contribution in [-0.2, 0) is 0 Å². The molecule has 0 radical (unpaired) electrons. The van der Waals surface area contributed by atoms with Crippen molar-refractivity contribution < 1.29 is 0 Å². The first kappa shape index (κ1) is 13.5. The molecule has 0 fully saturated rings. The molecule has 1 unspecified atom stereocenters. The fourth-order valence-electron chi connectivity index (χ4n) is 2.43. The van der Waals surface area contributed by atoms with Crippen molar-refractivity contribution in [1.29, 1.82) is 0 Å². The third kappa shape index (κ3) is 2.90. The van der Waals surface area contributed by atoms with Crippen LogP contribution in [-0.4, -0.2) is 12.0 Å². The molecule has 0 aliphatic carbocycles. The number of aromatic nitrogens is 1. The topological polar surface area (TPSA) is 24.9 Å². The van der Waals surface area contributed by atoms with Crippen molar-refractivity contribution in [3.63, 3.8) is 0 Å². The number of hydrogen-bond donors (Lipinski definition) is 1. The molecule has 2 rings (SSSR count). The van der Waals surface area contributed by atoms with Gasteiger partial charge in [0.2, 0.25) is 0 Å². The molecule has 0 aliphatic rings. The lowest BCUT2D eigenvalue weighted by atomic mass is 9.92. The molecular formula is C15H22N2S. The second-order valence-corrected chi connectivity index (χ2v) is 5.78. The van der Waals surface area contributed by atoms with E-state index < -0.39 is 0 Å². The van der Waals surface area contributed by atoms with Gasteiger partial charge in [0.25, 0.3) is 0 Å². The normalized spacial score (nSPS) is 13.3. The first-order chi connectivity index (χ1) is 8.78. The second kappa shape index (κ2) is 6.30. The van der Waals surface area contributed by atoms with Crippen molar-refractivity contribution in [3.05, 3.63) is 29.3 Å². The molecule has 2 nitrogen and oxygen atoms in total. The third-order valence-electron chi connectivity index (χ3n) is 3.80. The lowest BCUT2D eigenvalue weighted by molar-refractivity contribution is 0.385. The summed E-state index contributed by atoms with van der Waals surface area (Å²) < 4.78 is 1.29. The Morgan fingerprint density at radius 2 is 2.11 bits per heavy atom. The van der Waals surface area contributed by atoms with Gasteiger partial charge in [0, 0.05) is 12.2 Å². The molecule has 0 aromatic carbocycles. The highest BCUT2D eigenvalue weighted by atomic mass is 32.1. The van der Waals surface area contributed by atoms with Gasteiger partial charge in [-0.15, -0.1) is 11.3 Å². The van der Waals surface area contributed by atoms with E-state index in [1.165, 1.54) is 29.5 Å². The molecule has 1 N–H and O–H groups in total. The van der Waals surface area contributed by atoms with Crippen LogP contribution in [0, 0.1) is 5.92 Å². The Hall–Kier alpha value is -0.930. The van der Waals surface area contributed by atoms with E-state index in [1.807, 2.05) is 13.2 Å². The number of hydrogen-bond acceptors (Lipinski definition) is 3. The molecule has 0 aliphatic heterocycles. The number of fused-ring (bicyclic) bond motifs is 1. The summed E-state index contributed by atoms with van der Waals surface area (Å²) in [5.74, 6) is 0.793. The van der Waals surface area contributed by atoms with Crippen molar-refractivity contribution in [2.75, 3.05) is 7.05 Å². The minimum Gasteiger partial charge on any atom is -0.313 e. The Bertz CT molecular complexity index is 488. The van der Waals surface area contributed by atoms with Gasteiger partial charge >= 0.3 is 0 Å². The van der Waals surface area contributed by atoms with Gasteiger partial charge in [-0.3, -0.25) is 4.98 Å². The monoisotopic (exact) mass is 262 g/mol. The Kier molecular flexibility index (Phi) is 4.72. The van der Waals surface area contributed by atoms with Crippen LogP contribution in [0.3, 0.4) is 0 Å². The highest BCUT2D eigenvalue weighted by molar-refractivity contribution is 7.17. The molecule has 18 heavy (non-hydrogen) atoms. The van der Waals surface area contributed by atoms with Crippen molar-refractivity contribution in [2.45, 2.75) is 39.2 Å². The van der Waals surface area contributed by atoms with E-state index in [0.29, 0.717) is 6.04 Å². The standard InChI is InChI=1S/C15H22N2S/c1-4-11(5-2)8-14(16-3)12-9-15-13(17-10-12)6-7-18-15/h6-7,9-11,14,16H,4-5,8H2,1-3H3. The summed E-state index contributed by atoms with van der Waals surface area (Å²) >= 11 is 1.77. The van der Waals surface area contributed by atoms with Gasteiger partial charge in [-0.05, 0) is 42.5 Å². The van der Waals surface area contributed by atoms with E-state index >= 15 is 0 Å². The van der Waals surface area contributed by atoms with E-state index in [2.05, 4.69) is 41.7 Å². The zero-order valence-corrected chi connectivity index (χ0v) is 12.3. The Morgan fingerprint density at radius 1 is 1.33 bits per heavy atom. The van der Waals surface area contributed by atoms with Crippen molar-refractivity contribution in [3.8, 4) is 0 Å². The number of pyridine rings is 1. The van der Waals surface area contributed by atoms with Gasteiger partial charge in [0.1, 0.15) is 0 Å². The number of nitrogens with zero attached hydrogens (tertiary/aromatic N) is 1. The van der Waals surface area contributed by atoms with Gasteiger partial charge in [-0.1, -0.05) is 26.7 Å². The number of thiophene rings is 1. The third-order valence-corrected chi connectivity index (χ3v) is 4.65. The molecule has 2 aromatic rings. The average Bonchev–Trinajstić information content (AvgIpc) is 2.87. The van der Waals surface area contributed by atoms with Gasteiger partial charge in [-0.2, -0.15) is 0 Å². The van der Waals surface area contributed by atoms with Gasteiger partial charge in [0.05, 0.1) is 10.2 Å². The highest BCUT2D eigenvalue weighted by Crippen LogP contribution is 2.28. The average molecular weight is 262 g/mol. The molecule has 98 valence electrons. The van der Waals surface area contributed by atoms with Crippen LogP contribution in [0.15, 0.2) is 23.7 Å². The predicted octanol–water partition coefficient (Wildman–Crippen LogP) is 4.38. The summed E-state index contributed by atoms with van der Waals surface area (Å²) in [6, 6.07) is 4.80. The lowest BCUT2D eigenvalue weighted by Crippen LogP contribution is -2.19. The summed E-state index contributed by atoms with van der Waals surface area (Å²) in [4.78, 5) is 4.54. The summed E-state index contributed by atoms with van der Waals surface area (Å²) in [6.07, 6.45) is 5.73. The Morgan fingerprint density at radius 3 is 2.78 bits per heavy atom. The van der Waals surface area contributed by atoms with Crippen LogP contribution in [0.5, 0.6) is 0 Å². The first-order valence-electron chi connectivity index (χ1n) is 6.78. The molecular weight excluding hydrogens is 240 g/mol. The lowest BCUT2D eigenvalue weighted by Gasteiger charge is -2.21. The van der Waals surface area contributed by atoms with Crippen LogP contribution in [0.1, 0.15) is 44.7 Å². The second-order valence-electron chi connectivity index (χ2n) is 4.83.